The number of thiol groups is 1. The molecule has 0 aliphatic rings. The average molecular weight is 189 g/mol. The van der Waals surface area contributed by atoms with E-state index in [1.54, 1.807) is 0 Å². The second-order valence-corrected chi connectivity index (χ2v) is 3.87. The van der Waals surface area contributed by atoms with E-state index < -0.39 is 0 Å². The maximum Gasteiger partial charge on any atom is 0.202 e. The summed E-state index contributed by atoms with van der Waals surface area (Å²) >= 11 is 3.69. The fraction of sp³-hybridized carbons (Fsp3) is 0.889. The molecular weight excluding hydrogens is 170 g/mol. The topological polar surface area (TPSA) is 43.1 Å². The van der Waals surface area contributed by atoms with E-state index in [9.17, 15) is 4.79 Å². The largest absolute Gasteiger partial charge is 0.321 e. The fourth-order valence-corrected chi connectivity index (χ4v) is 1.31. The molecule has 0 aromatic carbocycles. The molecule has 0 bridgehead atoms. The lowest BCUT2D eigenvalue weighted by molar-refractivity contribution is -0.112. The van der Waals surface area contributed by atoms with Gasteiger partial charge in [-0.3, -0.25) is 4.79 Å². The summed E-state index contributed by atoms with van der Waals surface area (Å²) in [6, 6.07) is -0.375. The Hall–Kier alpha value is -0.0200. The quantitative estimate of drug-likeness (QED) is 0.627. The third-order valence-electron chi connectivity index (χ3n) is 2.02. The number of rotatable bonds is 6. The number of carbonyl (C=O) groups is 1. The Balaban J connectivity index is 3.53. The van der Waals surface area contributed by atoms with E-state index in [1.807, 2.05) is 0 Å². The number of hydrogen-bond acceptors (Lipinski definition) is 2. The molecule has 0 amide bonds. The van der Waals surface area contributed by atoms with Gasteiger partial charge in [-0.15, -0.1) is 12.6 Å². The lowest BCUT2D eigenvalue weighted by Crippen LogP contribution is -2.28. The first-order valence-electron chi connectivity index (χ1n) is 4.56. The Morgan fingerprint density at radius 1 is 1.58 bits per heavy atom. The standard InChI is InChI=1S/C9H19NOS/c1-3-4-5-7(2)6-8(10)9(11)12/h7-8H,3-6,10H2,1-2H3,(H,11,12). The van der Waals surface area contributed by atoms with Crippen LogP contribution in [0.5, 0.6) is 0 Å². The Morgan fingerprint density at radius 3 is 2.58 bits per heavy atom. The number of carbonyl (C=O) groups excluding carboxylic acids is 1. The second-order valence-electron chi connectivity index (χ2n) is 3.43. The molecule has 2 unspecified atom stereocenters. The van der Waals surface area contributed by atoms with Crippen LogP contribution in [-0.4, -0.2) is 11.2 Å². The lowest BCUT2D eigenvalue weighted by atomic mass is 9.97. The first kappa shape index (κ1) is 12.0. The molecular formula is C9H19NOS. The van der Waals surface area contributed by atoms with E-state index in [2.05, 4.69) is 26.5 Å². The van der Waals surface area contributed by atoms with Gasteiger partial charge in [-0.05, 0) is 12.3 Å². The first-order valence-corrected chi connectivity index (χ1v) is 5.01. The van der Waals surface area contributed by atoms with Crippen LogP contribution in [0, 0.1) is 5.92 Å². The molecule has 0 aliphatic heterocycles. The van der Waals surface area contributed by atoms with Gasteiger partial charge >= 0.3 is 0 Å². The smallest absolute Gasteiger partial charge is 0.202 e. The van der Waals surface area contributed by atoms with Gasteiger partial charge in [0, 0.05) is 0 Å². The third-order valence-corrected chi connectivity index (χ3v) is 2.36. The van der Waals surface area contributed by atoms with Crippen LogP contribution in [0.25, 0.3) is 0 Å². The van der Waals surface area contributed by atoms with Crippen molar-refractivity contribution in [3.63, 3.8) is 0 Å². The lowest BCUT2D eigenvalue weighted by Gasteiger charge is -2.13. The van der Waals surface area contributed by atoms with Crippen molar-refractivity contribution in [2.24, 2.45) is 11.7 Å². The van der Waals surface area contributed by atoms with Crippen LogP contribution in [0.3, 0.4) is 0 Å². The Morgan fingerprint density at radius 2 is 2.17 bits per heavy atom. The van der Waals surface area contributed by atoms with Gasteiger partial charge in [-0.25, -0.2) is 0 Å². The molecule has 12 heavy (non-hydrogen) atoms. The second kappa shape index (κ2) is 6.49. The predicted octanol–water partition coefficient (Wildman–Crippen LogP) is 1.99. The van der Waals surface area contributed by atoms with Crippen LogP contribution >= 0.6 is 12.6 Å². The summed E-state index contributed by atoms with van der Waals surface area (Å²) in [5, 5.41) is -0.196. The Labute approximate surface area is 80.3 Å². The summed E-state index contributed by atoms with van der Waals surface area (Å²) in [5.74, 6) is 0.538. The first-order chi connectivity index (χ1) is 5.57. The van der Waals surface area contributed by atoms with Crippen molar-refractivity contribution in [1.82, 2.24) is 0 Å². The zero-order valence-corrected chi connectivity index (χ0v) is 8.81. The fourth-order valence-electron chi connectivity index (χ4n) is 1.20. The van der Waals surface area contributed by atoms with Crippen molar-refractivity contribution in [3.8, 4) is 0 Å². The molecule has 0 aromatic heterocycles. The molecule has 0 aromatic rings. The minimum absolute atomic E-state index is 0.196. The highest BCUT2D eigenvalue weighted by Crippen LogP contribution is 2.13. The molecule has 0 spiro atoms. The number of nitrogens with two attached hydrogens (primary N) is 1. The number of unbranched alkanes of at least 4 members (excludes halogenated alkanes) is 1. The molecule has 0 saturated heterocycles. The van der Waals surface area contributed by atoms with Crippen molar-refractivity contribution >= 4 is 17.7 Å². The highest BCUT2D eigenvalue weighted by atomic mass is 32.1. The molecule has 0 aliphatic carbocycles. The highest BCUT2D eigenvalue weighted by molar-refractivity contribution is 7.96. The normalized spacial score (nSPS) is 15.7. The highest BCUT2D eigenvalue weighted by Gasteiger charge is 2.12. The van der Waals surface area contributed by atoms with Gasteiger partial charge in [0.1, 0.15) is 0 Å². The summed E-state index contributed by atoms with van der Waals surface area (Å²) in [6.07, 6.45) is 4.34. The summed E-state index contributed by atoms with van der Waals surface area (Å²) in [6.45, 7) is 4.29. The van der Waals surface area contributed by atoms with Crippen molar-refractivity contribution in [2.75, 3.05) is 0 Å². The van der Waals surface area contributed by atoms with E-state index in [-0.39, 0.29) is 11.2 Å². The molecule has 0 fully saturated rings. The van der Waals surface area contributed by atoms with Gasteiger partial charge in [-0.2, -0.15) is 0 Å². The molecule has 2 atom stereocenters. The van der Waals surface area contributed by atoms with Crippen LogP contribution in [0.2, 0.25) is 0 Å². The SMILES string of the molecule is CCCCC(C)CC(N)C(=O)S. The van der Waals surface area contributed by atoms with Crippen LogP contribution in [-0.2, 0) is 4.79 Å². The van der Waals surface area contributed by atoms with E-state index >= 15 is 0 Å². The predicted molar refractivity (Wildman–Crippen MR) is 55.3 cm³/mol. The molecule has 2 N–H and O–H groups in total. The van der Waals surface area contributed by atoms with Gasteiger partial charge in [0.05, 0.1) is 6.04 Å². The summed E-state index contributed by atoms with van der Waals surface area (Å²) in [7, 11) is 0. The van der Waals surface area contributed by atoms with Gasteiger partial charge < -0.3 is 5.73 Å². The zero-order chi connectivity index (χ0) is 9.56. The van der Waals surface area contributed by atoms with Gasteiger partial charge in [0.25, 0.3) is 0 Å². The van der Waals surface area contributed by atoms with Crippen LogP contribution in [0.1, 0.15) is 39.5 Å². The van der Waals surface area contributed by atoms with E-state index in [1.165, 1.54) is 12.8 Å². The van der Waals surface area contributed by atoms with Crippen molar-refractivity contribution in [2.45, 2.75) is 45.6 Å². The summed E-state index contributed by atoms with van der Waals surface area (Å²) in [4.78, 5) is 10.7. The van der Waals surface area contributed by atoms with Crippen LogP contribution < -0.4 is 5.73 Å². The molecule has 0 radical (unpaired) electrons. The van der Waals surface area contributed by atoms with Crippen molar-refractivity contribution in [1.29, 1.82) is 0 Å². The molecule has 2 nitrogen and oxygen atoms in total. The van der Waals surface area contributed by atoms with E-state index in [0.717, 1.165) is 12.8 Å². The van der Waals surface area contributed by atoms with Crippen LogP contribution in [0.15, 0.2) is 0 Å². The zero-order valence-electron chi connectivity index (χ0n) is 7.92. The minimum Gasteiger partial charge on any atom is -0.321 e. The van der Waals surface area contributed by atoms with Crippen LogP contribution in [0.4, 0.5) is 0 Å². The molecule has 0 heterocycles. The third kappa shape index (κ3) is 5.61. The van der Waals surface area contributed by atoms with Crippen molar-refractivity contribution in [3.05, 3.63) is 0 Å². The van der Waals surface area contributed by atoms with E-state index in [0.29, 0.717) is 5.92 Å². The van der Waals surface area contributed by atoms with Gasteiger partial charge in [-0.1, -0.05) is 33.1 Å². The summed E-state index contributed by atoms with van der Waals surface area (Å²) in [5.41, 5.74) is 5.56. The molecule has 0 rings (SSSR count). The molecule has 72 valence electrons. The minimum atomic E-state index is -0.375. The molecule has 3 heteroatoms. The monoisotopic (exact) mass is 189 g/mol. The van der Waals surface area contributed by atoms with Gasteiger partial charge in [0.2, 0.25) is 5.12 Å². The Kier molecular flexibility index (Phi) is 6.48. The maximum absolute atomic E-state index is 10.7. The average Bonchev–Trinajstić information content (AvgIpc) is 2.00. The van der Waals surface area contributed by atoms with E-state index in [4.69, 9.17) is 5.73 Å². The Bertz CT molecular complexity index is 138. The maximum atomic E-state index is 10.7. The van der Waals surface area contributed by atoms with Crippen molar-refractivity contribution < 1.29 is 4.79 Å². The molecule has 0 saturated carbocycles. The number of hydrogen-bond donors (Lipinski definition) is 2. The summed E-state index contributed by atoms with van der Waals surface area (Å²) < 4.78 is 0. The van der Waals surface area contributed by atoms with Gasteiger partial charge in [0.15, 0.2) is 0 Å².